The van der Waals surface area contributed by atoms with Crippen LogP contribution in [0, 0.1) is 0 Å². The van der Waals surface area contributed by atoms with Crippen molar-refractivity contribution in [1.29, 1.82) is 0 Å². The van der Waals surface area contributed by atoms with E-state index < -0.39 is 0 Å². The summed E-state index contributed by atoms with van der Waals surface area (Å²) in [6, 6.07) is 2.74. The lowest BCUT2D eigenvalue weighted by Gasteiger charge is -2.26. The monoisotopic (exact) mass is 283 g/mol. The maximum absolute atomic E-state index is 5.54. The smallest absolute Gasteiger partial charge is 0.0623 e. The summed E-state index contributed by atoms with van der Waals surface area (Å²) in [6.07, 6.45) is 4.51. The van der Waals surface area contributed by atoms with Gasteiger partial charge >= 0.3 is 0 Å². The van der Waals surface area contributed by atoms with E-state index in [0.29, 0.717) is 6.04 Å². The summed E-state index contributed by atoms with van der Waals surface area (Å²) >= 11 is 1.89. The molecular weight excluding hydrogens is 254 g/mol. The van der Waals surface area contributed by atoms with Crippen LogP contribution in [0.25, 0.3) is 0 Å². The molecule has 0 bridgehead atoms. The van der Waals surface area contributed by atoms with Gasteiger partial charge in [-0.1, -0.05) is 13.8 Å². The summed E-state index contributed by atoms with van der Waals surface area (Å²) in [5, 5.41) is 5.92. The van der Waals surface area contributed by atoms with Crippen LogP contribution in [0.1, 0.15) is 63.4 Å². The molecule has 1 atom stereocenters. The van der Waals surface area contributed by atoms with Crippen molar-refractivity contribution in [1.82, 2.24) is 5.32 Å². The maximum atomic E-state index is 5.54. The van der Waals surface area contributed by atoms with E-state index in [9.17, 15) is 0 Å². The summed E-state index contributed by atoms with van der Waals surface area (Å²) in [5.41, 5.74) is 1.46. The Morgan fingerprint density at radius 2 is 2.11 bits per heavy atom. The quantitative estimate of drug-likeness (QED) is 0.717. The molecule has 0 amide bonds. The van der Waals surface area contributed by atoms with Crippen LogP contribution >= 0.6 is 11.3 Å². The highest BCUT2D eigenvalue weighted by Gasteiger charge is 2.21. The first-order chi connectivity index (χ1) is 9.04. The molecule has 0 saturated heterocycles. The van der Waals surface area contributed by atoms with Crippen LogP contribution in [-0.4, -0.2) is 19.3 Å². The van der Waals surface area contributed by atoms with Crippen molar-refractivity contribution in [2.45, 2.75) is 65.0 Å². The molecule has 0 radical (unpaired) electrons. The van der Waals surface area contributed by atoms with Gasteiger partial charge in [0.25, 0.3) is 0 Å². The Bertz CT molecular complexity index is 359. The molecule has 1 aromatic rings. The second-order valence-electron chi connectivity index (χ2n) is 5.67. The number of ether oxygens (including phenoxy) is 1. The van der Waals surface area contributed by atoms with E-state index in [-0.39, 0.29) is 5.60 Å². The van der Waals surface area contributed by atoms with Crippen LogP contribution in [-0.2, 0) is 11.2 Å². The Kier molecular flexibility index (Phi) is 7.05. The Balaban J connectivity index is 2.72. The summed E-state index contributed by atoms with van der Waals surface area (Å²) in [5.74, 6) is 0. The lowest BCUT2D eigenvalue weighted by Crippen LogP contribution is -2.27. The van der Waals surface area contributed by atoms with E-state index in [1.54, 1.807) is 7.11 Å². The highest BCUT2D eigenvalue weighted by molar-refractivity contribution is 7.10. The largest absolute Gasteiger partial charge is 0.379 e. The van der Waals surface area contributed by atoms with E-state index in [0.717, 1.165) is 25.8 Å². The van der Waals surface area contributed by atoms with Gasteiger partial charge in [0.05, 0.1) is 5.60 Å². The third-order valence-corrected chi connectivity index (χ3v) is 4.78. The molecule has 0 aliphatic rings. The molecule has 2 nitrogen and oxygen atoms in total. The second-order valence-corrected chi connectivity index (χ2v) is 6.62. The van der Waals surface area contributed by atoms with Crippen molar-refractivity contribution in [2.24, 2.45) is 0 Å². The van der Waals surface area contributed by atoms with Crippen LogP contribution in [0.5, 0.6) is 0 Å². The zero-order valence-electron chi connectivity index (χ0n) is 13.1. The zero-order chi connectivity index (χ0) is 14.3. The number of hydrogen-bond donors (Lipinski definition) is 1. The third-order valence-electron chi connectivity index (χ3n) is 3.71. The van der Waals surface area contributed by atoms with Crippen LogP contribution < -0.4 is 5.32 Å². The van der Waals surface area contributed by atoms with Crippen LogP contribution in [0.4, 0.5) is 0 Å². The molecule has 0 aliphatic carbocycles. The van der Waals surface area contributed by atoms with Gasteiger partial charge in [-0.15, -0.1) is 11.3 Å². The molecule has 1 N–H and O–H groups in total. The van der Waals surface area contributed by atoms with Gasteiger partial charge in [-0.3, -0.25) is 0 Å². The molecule has 1 rings (SSSR count). The van der Waals surface area contributed by atoms with Gasteiger partial charge in [0, 0.05) is 18.0 Å². The predicted octanol–water partition coefficient (Wildman–Crippen LogP) is 4.56. The minimum Gasteiger partial charge on any atom is -0.379 e. The summed E-state index contributed by atoms with van der Waals surface area (Å²) < 4.78 is 5.54. The minimum absolute atomic E-state index is 0.0320. The average molecular weight is 283 g/mol. The fraction of sp³-hybridized carbons (Fsp3) is 0.750. The Labute approximate surface area is 122 Å². The number of aryl methyl sites for hydroxylation is 1. The second kappa shape index (κ2) is 8.03. The summed E-state index contributed by atoms with van der Waals surface area (Å²) in [6.45, 7) is 9.87. The standard InChI is InChI=1S/C16H29NOS/c1-6-11-17-14(8-10-16(3,4)18-5)15-13(7-2)9-12-19-15/h9,12,14,17H,6-8,10-11H2,1-5H3. The predicted molar refractivity (Wildman–Crippen MR) is 85.1 cm³/mol. The van der Waals surface area contributed by atoms with Gasteiger partial charge in [0.1, 0.15) is 0 Å². The van der Waals surface area contributed by atoms with Crippen LogP contribution in [0.2, 0.25) is 0 Å². The topological polar surface area (TPSA) is 21.3 Å². The fourth-order valence-electron chi connectivity index (χ4n) is 2.18. The lowest BCUT2D eigenvalue weighted by atomic mass is 9.96. The number of rotatable bonds is 9. The van der Waals surface area contributed by atoms with E-state index in [2.05, 4.69) is 44.5 Å². The van der Waals surface area contributed by atoms with Gasteiger partial charge in [0.2, 0.25) is 0 Å². The van der Waals surface area contributed by atoms with Crippen molar-refractivity contribution >= 4 is 11.3 Å². The fourth-order valence-corrected chi connectivity index (χ4v) is 3.29. The summed E-state index contributed by atoms with van der Waals surface area (Å²) in [4.78, 5) is 1.52. The van der Waals surface area contributed by atoms with Crippen LogP contribution in [0.15, 0.2) is 11.4 Å². The third kappa shape index (κ3) is 5.25. The van der Waals surface area contributed by atoms with Crippen molar-refractivity contribution in [3.63, 3.8) is 0 Å². The van der Waals surface area contributed by atoms with Crippen molar-refractivity contribution in [2.75, 3.05) is 13.7 Å². The molecule has 0 aromatic carbocycles. The number of hydrogen-bond acceptors (Lipinski definition) is 3. The molecule has 0 spiro atoms. The first-order valence-electron chi connectivity index (χ1n) is 7.38. The van der Waals surface area contributed by atoms with E-state index in [4.69, 9.17) is 4.74 Å². The van der Waals surface area contributed by atoms with Crippen molar-refractivity contribution in [3.05, 3.63) is 21.9 Å². The first kappa shape index (κ1) is 16.7. The molecule has 0 fully saturated rings. The Morgan fingerprint density at radius 1 is 1.37 bits per heavy atom. The molecular formula is C16H29NOS. The Hall–Kier alpha value is -0.380. The van der Waals surface area contributed by atoms with Gasteiger partial charge in [0.15, 0.2) is 0 Å². The van der Waals surface area contributed by atoms with E-state index >= 15 is 0 Å². The maximum Gasteiger partial charge on any atom is 0.0623 e. The molecule has 19 heavy (non-hydrogen) atoms. The number of thiophene rings is 1. The molecule has 3 heteroatoms. The van der Waals surface area contributed by atoms with Crippen molar-refractivity contribution < 1.29 is 4.74 Å². The van der Waals surface area contributed by atoms with Gasteiger partial charge < -0.3 is 10.1 Å². The molecule has 0 aliphatic heterocycles. The number of methoxy groups -OCH3 is 1. The van der Waals surface area contributed by atoms with Crippen molar-refractivity contribution in [3.8, 4) is 0 Å². The molecule has 0 saturated carbocycles. The van der Waals surface area contributed by atoms with Gasteiger partial charge in [-0.25, -0.2) is 0 Å². The SMILES string of the molecule is CCCNC(CCC(C)(C)OC)c1sccc1CC. The van der Waals surface area contributed by atoms with Gasteiger partial charge in [-0.05, 0) is 63.1 Å². The molecule has 110 valence electrons. The lowest BCUT2D eigenvalue weighted by molar-refractivity contribution is 0.0117. The zero-order valence-corrected chi connectivity index (χ0v) is 13.9. The highest BCUT2D eigenvalue weighted by atomic mass is 32.1. The van der Waals surface area contributed by atoms with E-state index in [1.807, 2.05) is 11.3 Å². The molecule has 1 heterocycles. The highest BCUT2D eigenvalue weighted by Crippen LogP contribution is 2.30. The normalized spacial score (nSPS) is 13.7. The van der Waals surface area contributed by atoms with E-state index in [1.165, 1.54) is 16.9 Å². The number of nitrogens with one attached hydrogen (secondary N) is 1. The minimum atomic E-state index is -0.0320. The first-order valence-corrected chi connectivity index (χ1v) is 8.26. The van der Waals surface area contributed by atoms with Gasteiger partial charge in [-0.2, -0.15) is 0 Å². The molecule has 1 aromatic heterocycles. The Morgan fingerprint density at radius 3 is 2.68 bits per heavy atom. The molecule has 1 unspecified atom stereocenters. The summed E-state index contributed by atoms with van der Waals surface area (Å²) in [7, 11) is 1.80. The average Bonchev–Trinajstić information content (AvgIpc) is 2.87. The van der Waals surface area contributed by atoms with Crippen LogP contribution in [0.3, 0.4) is 0 Å².